The highest BCUT2D eigenvalue weighted by Gasteiger charge is 2.14. The maximum atomic E-state index is 11.9. The Hall–Kier alpha value is -1.85. The first-order valence-electron chi connectivity index (χ1n) is 6.59. The lowest BCUT2D eigenvalue weighted by molar-refractivity contribution is -0.120. The lowest BCUT2D eigenvalue weighted by Crippen LogP contribution is -2.29. The number of carbonyl (C=O) groups excluding carboxylic acids is 1. The van der Waals surface area contributed by atoms with Crippen LogP contribution in [0.5, 0.6) is 0 Å². The van der Waals surface area contributed by atoms with Crippen molar-refractivity contribution in [3.63, 3.8) is 0 Å². The molecule has 2 rings (SSSR count). The number of hydrogen-bond acceptors (Lipinski definition) is 4. The van der Waals surface area contributed by atoms with Gasteiger partial charge in [-0.25, -0.2) is 0 Å². The number of aromatic nitrogens is 1. The van der Waals surface area contributed by atoms with Gasteiger partial charge in [0.1, 0.15) is 5.76 Å². The Labute approximate surface area is 127 Å². The van der Waals surface area contributed by atoms with Crippen molar-refractivity contribution in [3.05, 3.63) is 51.9 Å². The van der Waals surface area contributed by atoms with Gasteiger partial charge in [-0.3, -0.25) is 4.79 Å². The van der Waals surface area contributed by atoms with Crippen LogP contribution in [0.15, 0.2) is 28.8 Å². The van der Waals surface area contributed by atoms with Gasteiger partial charge < -0.3 is 14.9 Å². The van der Waals surface area contributed by atoms with E-state index in [4.69, 9.17) is 16.1 Å². The molecule has 0 radical (unpaired) electrons. The number of aryl methyl sites for hydroxylation is 2. The molecule has 112 valence electrons. The molecule has 0 spiro atoms. The third-order valence-corrected chi connectivity index (χ3v) is 3.52. The van der Waals surface area contributed by atoms with E-state index in [0.29, 0.717) is 22.0 Å². The first-order chi connectivity index (χ1) is 9.97. The smallest absolute Gasteiger partial charge is 0.224 e. The van der Waals surface area contributed by atoms with E-state index in [1.54, 1.807) is 38.1 Å². The van der Waals surface area contributed by atoms with Gasteiger partial charge in [-0.15, -0.1) is 0 Å². The van der Waals surface area contributed by atoms with E-state index < -0.39 is 6.10 Å². The van der Waals surface area contributed by atoms with E-state index >= 15 is 0 Å². The first kappa shape index (κ1) is 15.5. The van der Waals surface area contributed by atoms with Crippen molar-refractivity contribution in [3.8, 4) is 0 Å². The number of carbonyl (C=O) groups is 1. The Bertz CT molecular complexity index is 603. The van der Waals surface area contributed by atoms with Crippen molar-refractivity contribution in [1.29, 1.82) is 0 Å². The second-order valence-electron chi connectivity index (χ2n) is 4.85. The molecule has 1 unspecified atom stereocenters. The van der Waals surface area contributed by atoms with Gasteiger partial charge in [0.15, 0.2) is 0 Å². The molecule has 0 aliphatic rings. The van der Waals surface area contributed by atoms with Gasteiger partial charge in [0.05, 0.1) is 18.2 Å². The average Bonchev–Trinajstić information content (AvgIpc) is 2.77. The fourth-order valence-corrected chi connectivity index (χ4v) is 2.12. The monoisotopic (exact) mass is 308 g/mol. The quantitative estimate of drug-likeness (QED) is 0.889. The molecule has 0 saturated heterocycles. The first-order valence-corrected chi connectivity index (χ1v) is 6.97. The summed E-state index contributed by atoms with van der Waals surface area (Å²) in [5.41, 5.74) is 2.20. The molecule has 21 heavy (non-hydrogen) atoms. The summed E-state index contributed by atoms with van der Waals surface area (Å²) >= 11 is 5.79. The Balaban J connectivity index is 1.88. The van der Waals surface area contributed by atoms with E-state index in [1.165, 1.54) is 0 Å². The SMILES string of the molecule is Cc1noc(C)c1CC(=O)NCC(O)c1ccc(Cl)cc1. The summed E-state index contributed by atoms with van der Waals surface area (Å²) in [6.45, 7) is 3.71. The van der Waals surface area contributed by atoms with Crippen LogP contribution < -0.4 is 5.32 Å². The van der Waals surface area contributed by atoms with Crippen molar-refractivity contribution in [2.45, 2.75) is 26.4 Å². The number of hydrogen-bond donors (Lipinski definition) is 2. The summed E-state index contributed by atoms with van der Waals surface area (Å²) in [6, 6.07) is 6.86. The van der Waals surface area contributed by atoms with Gasteiger partial charge in [-0.05, 0) is 31.5 Å². The topological polar surface area (TPSA) is 75.4 Å². The average molecular weight is 309 g/mol. The van der Waals surface area contributed by atoms with Crippen LogP contribution in [-0.2, 0) is 11.2 Å². The number of aliphatic hydroxyl groups is 1. The van der Waals surface area contributed by atoms with E-state index in [2.05, 4.69) is 10.5 Å². The Morgan fingerprint density at radius 1 is 1.38 bits per heavy atom. The molecule has 0 fully saturated rings. The standard InChI is InChI=1S/C15H17ClN2O3/c1-9-13(10(2)21-18-9)7-15(20)17-8-14(19)11-3-5-12(16)6-4-11/h3-6,14,19H,7-8H2,1-2H3,(H,17,20). The number of nitrogens with zero attached hydrogens (tertiary/aromatic N) is 1. The van der Waals surface area contributed by atoms with Crippen molar-refractivity contribution >= 4 is 17.5 Å². The normalized spacial score (nSPS) is 12.2. The molecule has 0 saturated carbocycles. The number of halogens is 1. The molecule has 2 N–H and O–H groups in total. The molecular formula is C15H17ClN2O3. The van der Waals surface area contributed by atoms with Gasteiger partial charge in [0, 0.05) is 17.1 Å². The van der Waals surface area contributed by atoms with Gasteiger partial charge in [0.25, 0.3) is 0 Å². The highest BCUT2D eigenvalue weighted by Crippen LogP contribution is 2.16. The van der Waals surface area contributed by atoms with Crippen LogP contribution in [0.25, 0.3) is 0 Å². The minimum absolute atomic E-state index is 0.143. The third kappa shape index (κ3) is 4.06. The fraction of sp³-hybridized carbons (Fsp3) is 0.333. The molecule has 0 aliphatic carbocycles. The Kier molecular flexibility index (Phi) is 4.98. The number of aliphatic hydroxyl groups excluding tert-OH is 1. The number of rotatable bonds is 5. The largest absolute Gasteiger partial charge is 0.387 e. The molecule has 1 aromatic heterocycles. The molecule has 5 nitrogen and oxygen atoms in total. The molecular weight excluding hydrogens is 292 g/mol. The Morgan fingerprint density at radius 2 is 2.05 bits per heavy atom. The minimum atomic E-state index is -0.768. The molecule has 2 aromatic rings. The number of nitrogens with one attached hydrogen (secondary N) is 1. The van der Waals surface area contributed by atoms with Crippen LogP contribution in [0.2, 0.25) is 5.02 Å². The zero-order valence-corrected chi connectivity index (χ0v) is 12.6. The minimum Gasteiger partial charge on any atom is -0.387 e. The molecule has 0 bridgehead atoms. The van der Waals surface area contributed by atoms with Crippen LogP contribution >= 0.6 is 11.6 Å². The second kappa shape index (κ2) is 6.74. The van der Waals surface area contributed by atoms with Crippen molar-refractivity contribution in [1.82, 2.24) is 10.5 Å². The molecule has 1 heterocycles. The fourth-order valence-electron chi connectivity index (χ4n) is 1.99. The Morgan fingerprint density at radius 3 is 2.62 bits per heavy atom. The lowest BCUT2D eigenvalue weighted by atomic mass is 10.1. The summed E-state index contributed by atoms with van der Waals surface area (Å²) in [5, 5.41) is 17.1. The highest BCUT2D eigenvalue weighted by molar-refractivity contribution is 6.30. The zero-order valence-electron chi connectivity index (χ0n) is 11.9. The summed E-state index contributed by atoms with van der Waals surface area (Å²) in [6.07, 6.45) is -0.579. The molecule has 1 amide bonds. The van der Waals surface area contributed by atoms with Crippen LogP contribution in [0.4, 0.5) is 0 Å². The van der Waals surface area contributed by atoms with Crippen LogP contribution in [0, 0.1) is 13.8 Å². The van der Waals surface area contributed by atoms with E-state index in [-0.39, 0.29) is 18.9 Å². The summed E-state index contributed by atoms with van der Waals surface area (Å²) < 4.78 is 5.01. The maximum absolute atomic E-state index is 11.9. The van der Waals surface area contributed by atoms with Gasteiger partial charge in [-0.1, -0.05) is 28.9 Å². The van der Waals surface area contributed by atoms with Gasteiger partial charge in [0.2, 0.25) is 5.91 Å². The lowest BCUT2D eigenvalue weighted by Gasteiger charge is -2.12. The molecule has 1 atom stereocenters. The summed E-state index contributed by atoms with van der Waals surface area (Å²) in [7, 11) is 0. The van der Waals surface area contributed by atoms with Crippen molar-refractivity contribution < 1.29 is 14.4 Å². The number of benzene rings is 1. The van der Waals surface area contributed by atoms with E-state index in [0.717, 1.165) is 5.56 Å². The highest BCUT2D eigenvalue weighted by atomic mass is 35.5. The third-order valence-electron chi connectivity index (χ3n) is 3.27. The maximum Gasteiger partial charge on any atom is 0.224 e. The van der Waals surface area contributed by atoms with Crippen LogP contribution in [0.1, 0.15) is 28.7 Å². The van der Waals surface area contributed by atoms with Crippen molar-refractivity contribution in [2.24, 2.45) is 0 Å². The van der Waals surface area contributed by atoms with Gasteiger partial charge in [-0.2, -0.15) is 0 Å². The van der Waals surface area contributed by atoms with Crippen LogP contribution in [0.3, 0.4) is 0 Å². The molecule has 6 heteroatoms. The predicted molar refractivity (Wildman–Crippen MR) is 79.1 cm³/mol. The molecule has 1 aromatic carbocycles. The summed E-state index contributed by atoms with van der Waals surface area (Å²) in [4.78, 5) is 11.9. The zero-order chi connectivity index (χ0) is 15.4. The van der Waals surface area contributed by atoms with Crippen molar-refractivity contribution in [2.75, 3.05) is 6.54 Å². The summed E-state index contributed by atoms with van der Waals surface area (Å²) in [5.74, 6) is 0.457. The van der Waals surface area contributed by atoms with Gasteiger partial charge >= 0.3 is 0 Å². The molecule has 0 aliphatic heterocycles. The number of amides is 1. The van der Waals surface area contributed by atoms with E-state index in [9.17, 15) is 9.90 Å². The van der Waals surface area contributed by atoms with E-state index in [1.807, 2.05) is 0 Å². The van der Waals surface area contributed by atoms with Crippen LogP contribution in [-0.4, -0.2) is 22.7 Å². The predicted octanol–water partition coefficient (Wildman–Crippen LogP) is 2.34. The second-order valence-corrected chi connectivity index (χ2v) is 5.29.